The molecule has 0 radical (unpaired) electrons. The fourth-order valence-electron chi connectivity index (χ4n) is 0.979. The average Bonchev–Trinajstić information content (AvgIpc) is 2.31. The average molecular weight is 252 g/mol. The van der Waals surface area contributed by atoms with E-state index in [4.69, 9.17) is 15.7 Å². The fourth-order valence-corrected chi connectivity index (χ4v) is 1.28. The molecule has 0 aromatic heterocycles. The summed E-state index contributed by atoms with van der Waals surface area (Å²) in [5.74, 6) is 0.0823. The second-order valence-electron chi connectivity index (χ2n) is 2.88. The highest BCUT2D eigenvalue weighted by atomic mass is 32.1. The van der Waals surface area contributed by atoms with Crippen LogP contribution in [0.15, 0.2) is 24.3 Å². The molecule has 1 rings (SSSR count). The van der Waals surface area contributed by atoms with Gasteiger partial charge in [-0.2, -0.15) is 5.26 Å². The van der Waals surface area contributed by atoms with Gasteiger partial charge in [0.1, 0.15) is 5.75 Å². The molecule has 0 aliphatic rings. The molecule has 0 aliphatic carbocycles. The maximum absolute atomic E-state index is 10.6. The van der Waals surface area contributed by atoms with Gasteiger partial charge in [0, 0.05) is 0 Å². The quantitative estimate of drug-likeness (QED) is 0.636. The molecule has 0 aliphatic heterocycles. The lowest BCUT2D eigenvalue weighted by Crippen LogP contribution is -2.20. The second-order valence-corrected chi connectivity index (χ2v) is 3.46. The summed E-state index contributed by atoms with van der Waals surface area (Å²) in [6.45, 7) is 4.00. The Morgan fingerprint density at radius 1 is 1.47 bits per heavy atom. The summed E-state index contributed by atoms with van der Waals surface area (Å²) in [5.41, 5.74) is 4.97. The van der Waals surface area contributed by atoms with Crippen LogP contribution in [0.5, 0.6) is 5.75 Å². The van der Waals surface area contributed by atoms with Gasteiger partial charge >= 0.3 is 0 Å². The van der Waals surface area contributed by atoms with E-state index in [1.807, 2.05) is 19.9 Å². The van der Waals surface area contributed by atoms with Gasteiger partial charge < -0.3 is 10.5 Å². The molecule has 0 bridgehead atoms. The number of thiol groups is 1. The van der Waals surface area contributed by atoms with Crippen LogP contribution in [0.3, 0.4) is 0 Å². The van der Waals surface area contributed by atoms with Crippen molar-refractivity contribution in [2.24, 2.45) is 5.73 Å². The standard InChI is InChI=1S/C10H10N2O2S.C2H6/c11-6-7-1-3-8(4-2-7)14-10(15)5-9(12)13;1-2/h1-4,10,15H,5H2,(H2,12,13);1-2H3. The van der Waals surface area contributed by atoms with Crippen LogP contribution >= 0.6 is 12.6 Å². The number of hydrogen-bond acceptors (Lipinski definition) is 4. The maximum Gasteiger partial charge on any atom is 0.222 e. The zero-order chi connectivity index (χ0) is 13.3. The SMILES string of the molecule is CC.N#Cc1ccc(OC(S)CC(N)=O)cc1. The van der Waals surface area contributed by atoms with E-state index in [2.05, 4.69) is 12.6 Å². The van der Waals surface area contributed by atoms with Crippen LogP contribution in [0.1, 0.15) is 25.8 Å². The van der Waals surface area contributed by atoms with Crippen molar-refractivity contribution in [3.63, 3.8) is 0 Å². The Kier molecular flexibility index (Phi) is 7.65. The number of primary amides is 1. The van der Waals surface area contributed by atoms with Crippen LogP contribution < -0.4 is 10.5 Å². The number of nitriles is 1. The molecule has 5 heteroatoms. The number of rotatable bonds is 4. The summed E-state index contributed by atoms with van der Waals surface area (Å²) >= 11 is 4.04. The molecule has 1 aromatic carbocycles. The Bertz CT molecular complexity index is 384. The minimum absolute atomic E-state index is 0.0448. The smallest absolute Gasteiger partial charge is 0.222 e. The zero-order valence-corrected chi connectivity index (χ0v) is 10.8. The van der Waals surface area contributed by atoms with Crippen LogP contribution in [-0.2, 0) is 4.79 Å². The van der Waals surface area contributed by atoms with Crippen LogP contribution in [0.4, 0.5) is 0 Å². The van der Waals surface area contributed by atoms with Crippen molar-refractivity contribution >= 4 is 18.5 Å². The number of nitrogens with two attached hydrogens (primary N) is 1. The number of hydrogen-bond donors (Lipinski definition) is 2. The third-order valence-electron chi connectivity index (χ3n) is 1.63. The number of ether oxygens (including phenoxy) is 1. The zero-order valence-electron chi connectivity index (χ0n) is 9.88. The van der Waals surface area contributed by atoms with Gasteiger partial charge in [-0.1, -0.05) is 13.8 Å². The number of carbonyl (C=O) groups excluding carboxylic acids is 1. The summed E-state index contributed by atoms with van der Waals surface area (Å²) in [6.07, 6.45) is 0.0448. The third kappa shape index (κ3) is 6.48. The van der Waals surface area contributed by atoms with Crippen molar-refractivity contribution < 1.29 is 9.53 Å². The van der Waals surface area contributed by atoms with E-state index in [-0.39, 0.29) is 6.42 Å². The highest BCUT2D eigenvalue weighted by Gasteiger charge is 2.08. The normalized spacial score (nSPS) is 10.5. The van der Waals surface area contributed by atoms with E-state index in [1.54, 1.807) is 24.3 Å². The first-order valence-corrected chi connectivity index (χ1v) is 5.76. The summed E-state index contributed by atoms with van der Waals surface area (Å²) in [4.78, 5) is 10.6. The van der Waals surface area contributed by atoms with Crippen LogP contribution in [0.2, 0.25) is 0 Å². The summed E-state index contributed by atoms with van der Waals surface area (Å²) < 4.78 is 5.28. The predicted molar refractivity (Wildman–Crippen MR) is 69.7 cm³/mol. The third-order valence-corrected chi connectivity index (χ3v) is 1.92. The first kappa shape index (κ1) is 15.3. The van der Waals surface area contributed by atoms with Gasteiger partial charge in [-0.05, 0) is 24.3 Å². The molecule has 1 unspecified atom stereocenters. The van der Waals surface area contributed by atoms with Gasteiger partial charge in [0.25, 0.3) is 0 Å². The molecule has 1 amide bonds. The van der Waals surface area contributed by atoms with Crippen molar-refractivity contribution in [1.29, 1.82) is 5.26 Å². The maximum atomic E-state index is 10.6. The highest BCUT2D eigenvalue weighted by Crippen LogP contribution is 2.15. The summed E-state index contributed by atoms with van der Waals surface area (Å²) in [7, 11) is 0. The fraction of sp³-hybridized carbons (Fsp3) is 0.333. The van der Waals surface area contributed by atoms with Gasteiger partial charge in [-0.25, -0.2) is 0 Å². The second kappa shape index (κ2) is 8.48. The summed E-state index contributed by atoms with van der Waals surface area (Å²) in [5, 5.41) is 8.56. The predicted octanol–water partition coefficient (Wildman–Crippen LogP) is 2.09. The largest absolute Gasteiger partial charge is 0.480 e. The Labute approximate surface area is 107 Å². The molecule has 0 saturated heterocycles. The summed E-state index contributed by atoms with van der Waals surface area (Å²) in [6, 6.07) is 8.52. The number of amides is 1. The minimum atomic E-state index is -0.560. The minimum Gasteiger partial charge on any atom is -0.480 e. The van der Waals surface area contributed by atoms with E-state index < -0.39 is 11.3 Å². The molecule has 0 saturated carbocycles. The monoisotopic (exact) mass is 252 g/mol. The van der Waals surface area contributed by atoms with Crippen LogP contribution in [-0.4, -0.2) is 11.3 Å². The molecule has 17 heavy (non-hydrogen) atoms. The molecule has 1 atom stereocenters. The van der Waals surface area contributed by atoms with Gasteiger partial charge in [0.15, 0.2) is 5.44 Å². The van der Waals surface area contributed by atoms with Crippen molar-refractivity contribution in [3.05, 3.63) is 29.8 Å². The molecule has 0 heterocycles. The van der Waals surface area contributed by atoms with Crippen LogP contribution in [0, 0.1) is 11.3 Å². The Morgan fingerprint density at radius 2 is 2.00 bits per heavy atom. The van der Waals surface area contributed by atoms with E-state index in [0.717, 1.165) is 0 Å². The van der Waals surface area contributed by atoms with Gasteiger partial charge in [-0.3, -0.25) is 4.79 Å². The molecule has 0 spiro atoms. The van der Waals surface area contributed by atoms with E-state index >= 15 is 0 Å². The number of nitrogens with zero attached hydrogens (tertiary/aromatic N) is 1. The molecular formula is C12H16N2O2S. The molecule has 4 nitrogen and oxygen atoms in total. The molecule has 92 valence electrons. The first-order chi connectivity index (χ1) is 8.11. The lowest BCUT2D eigenvalue weighted by molar-refractivity contribution is -0.118. The Hall–Kier alpha value is -1.67. The topological polar surface area (TPSA) is 76.1 Å². The van der Waals surface area contributed by atoms with E-state index in [0.29, 0.717) is 11.3 Å². The highest BCUT2D eigenvalue weighted by molar-refractivity contribution is 7.80. The lowest BCUT2D eigenvalue weighted by atomic mass is 10.2. The van der Waals surface area contributed by atoms with E-state index in [1.165, 1.54) is 0 Å². The Morgan fingerprint density at radius 3 is 2.41 bits per heavy atom. The number of carbonyl (C=O) groups is 1. The molecule has 0 fully saturated rings. The van der Waals surface area contributed by atoms with Crippen molar-refractivity contribution in [3.8, 4) is 11.8 Å². The molecule has 1 aromatic rings. The molecular weight excluding hydrogens is 236 g/mol. The van der Waals surface area contributed by atoms with Crippen molar-refractivity contribution in [1.82, 2.24) is 0 Å². The van der Waals surface area contributed by atoms with Crippen LogP contribution in [0.25, 0.3) is 0 Å². The van der Waals surface area contributed by atoms with Gasteiger partial charge in [-0.15, -0.1) is 12.6 Å². The van der Waals surface area contributed by atoms with Gasteiger partial charge in [0.2, 0.25) is 5.91 Å². The lowest BCUT2D eigenvalue weighted by Gasteiger charge is -2.11. The molecule has 2 N–H and O–H groups in total. The van der Waals surface area contributed by atoms with Crippen molar-refractivity contribution in [2.45, 2.75) is 25.7 Å². The Balaban J connectivity index is 0.00000121. The van der Waals surface area contributed by atoms with Crippen molar-refractivity contribution in [2.75, 3.05) is 0 Å². The van der Waals surface area contributed by atoms with Gasteiger partial charge in [0.05, 0.1) is 18.1 Å². The first-order valence-electron chi connectivity index (χ1n) is 5.25. The number of benzene rings is 1. The van der Waals surface area contributed by atoms with E-state index in [9.17, 15) is 4.79 Å².